The van der Waals surface area contributed by atoms with Crippen molar-refractivity contribution in [1.29, 1.82) is 0 Å². The zero-order valence-electron chi connectivity index (χ0n) is 16.5. The van der Waals surface area contributed by atoms with Gasteiger partial charge in [-0.25, -0.2) is 0 Å². The first kappa shape index (κ1) is 22.0. The van der Waals surface area contributed by atoms with Crippen LogP contribution in [0.4, 0.5) is 0 Å². The minimum atomic E-state index is 0. The van der Waals surface area contributed by atoms with Gasteiger partial charge in [0, 0.05) is 38.6 Å². The largest absolute Gasteiger partial charge is 0.356 e. The average Bonchev–Trinajstić information content (AvgIpc) is 3.37. The summed E-state index contributed by atoms with van der Waals surface area (Å²) in [5.74, 6) is 1.89. The molecule has 150 valence electrons. The van der Waals surface area contributed by atoms with Crippen LogP contribution in [0.15, 0.2) is 35.3 Å². The second kappa shape index (κ2) is 10.9. The second-order valence-electron chi connectivity index (χ2n) is 7.66. The van der Waals surface area contributed by atoms with Crippen LogP contribution in [0.3, 0.4) is 0 Å². The molecule has 1 heterocycles. The Morgan fingerprint density at radius 3 is 2.59 bits per heavy atom. The number of carbonyl (C=O) groups excluding carboxylic acids is 1. The number of nitrogens with zero attached hydrogens (tertiary/aromatic N) is 2. The number of rotatable bonds is 5. The predicted octanol–water partition coefficient (Wildman–Crippen LogP) is 3.36. The maximum atomic E-state index is 12.6. The summed E-state index contributed by atoms with van der Waals surface area (Å²) in [6.45, 7) is 4.71. The Balaban J connectivity index is 0.00000261. The van der Waals surface area contributed by atoms with Gasteiger partial charge in [0.2, 0.25) is 5.91 Å². The fourth-order valence-corrected chi connectivity index (χ4v) is 4.05. The molecule has 2 N–H and O–H groups in total. The van der Waals surface area contributed by atoms with Crippen LogP contribution in [-0.4, -0.2) is 49.5 Å². The number of hydrogen-bond acceptors (Lipinski definition) is 2. The van der Waals surface area contributed by atoms with Crippen molar-refractivity contribution in [2.45, 2.75) is 51.0 Å². The third-order valence-corrected chi connectivity index (χ3v) is 5.71. The van der Waals surface area contributed by atoms with Gasteiger partial charge >= 0.3 is 0 Å². The molecule has 0 bridgehead atoms. The summed E-state index contributed by atoms with van der Waals surface area (Å²) in [7, 11) is 1.80. The van der Waals surface area contributed by atoms with Crippen molar-refractivity contribution < 1.29 is 4.79 Å². The Morgan fingerprint density at radius 2 is 1.93 bits per heavy atom. The molecular formula is C21H33IN4O. The zero-order chi connectivity index (χ0) is 18.4. The normalized spacial score (nSPS) is 21.6. The Kier molecular flexibility index (Phi) is 8.86. The molecule has 0 aromatic heterocycles. The first-order chi connectivity index (χ1) is 12.7. The van der Waals surface area contributed by atoms with Crippen molar-refractivity contribution >= 4 is 35.8 Å². The van der Waals surface area contributed by atoms with Gasteiger partial charge in [0.05, 0.1) is 0 Å². The fourth-order valence-electron chi connectivity index (χ4n) is 4.05. The molecule has 1 aliphatic heterocycles. The van der Waals surface area contributed by atoms with Gasteiger partial charge in [-0.15, -0.1) is 24.0 Å². The third-order valence-electron chi connectivity index (χ3n) is 5.71. The van der Waals surface area contributed by atoms with Crippen molar-refractivity contribution in [3.8, 4) is 0 Å². The lowest BCUT2D eigenvalue weighted by molar-refractivity contribution is -0.134. The molecule has 6 heteroatoms. The molecule has 2 fully saturated rings. The summed E-state index contributed by atoms with van der Waals surface area (Å²) in [4.78, 5) is 19.0. The zero-order valence-corrected chi connectivity index (χ0v) is 18.8. The van der Waals surface area contributed by atoms with Crippen LogP contribution in [0, 0.1) is 5.92 Å². The van der Waals surface area contributed by atoms with Gasteiger partial charge in [0.1, 0.15) is 0 Å². The van der Waals surface area contributed by atoms with Crippen molar-refractivity contribution in [2.24, 2.45) is 10.9 Å². The van der Waals surface area contributed by atoms with Gasteiger partial charge in [-0.1, -0.05) is 50.1 Å². The van der Waals surface area contributed by atoms with E-state index >= 15 is 0 Å². The summed E-state index contributed by atoms with van der Waals surface area (Å²) in [6.07, 6.45) is 5.57. The highest BCUT2D eigenvalue weighted by atomic mass is 127. The smallest absolute Gasteiger partial charge is 0.225 e. The lowest BCUT2D eigenvalue weighted by Crippen LogP contribution is -2.46. The van der Waals surface area contributed by atoms with Crippen molar-refractivity contribution in [3.63, 3.8) is 0 Å². The van der Waals surface area contributed by atoms with Gasteiger partial charge in [-0.2, -0.15) is 0 Å². The lowest BCUT2D eigenvalue weighted by Gasteiger charge is -2.22. The van der Waals surface area contributed by atoms with Gasteiger partial charge in [-0.05, 0) is 30.7 Å². The molecule has 0 spiro atoms. The Labute approximate surface area is 180 Å². The summed E-state index contributed by atoms with van der Waals surface area (Å²) in [5, 5.41) is 6.92. The van der Waals surface area contributed by atoms with Gasteiger partial charge in [-0.3, -0.25) is 9.79 Å². The first-order valence-electron chi connectivity index (χ1n) is 9.98. The minimum Gasteiger partial charge on any atom is -0.356 e. The van der Waals surface area contributed by atoms with Crippen LogP contribution < -0.4 is 10.6 Å². The third kappa shape index (κ3) is 6.09. The molecule has 1 saturated heterocycles. The highest BCUT2D eigenvalue weighted by Gasteiger charge is 2.32. The van der Waals surface area contributed by atoms with Gasteiger partial charge in [0.15, 0.2) is 5.96 Å². The quantitative estimate of drug-likeness (QED) is 0.383. The van der Waals surface area contributed by atoms with E-state index in [1.165, 1.54) is 18.4 Å². The predicted molar refractivity (Wildman–Crippen MR) is 122 cm³/mol. The molecule has 27 heavy (non-hydrogen) atoms. The maximum absolute atomic E-state index is 12.6. The second-order valence-corrected chi connectivity index (χ2v) is 7.66. The van der Waals surface area contributed by atoms with E-state index < -0.39 is 0 Å². The van der Waals surface area contributed by atoms with Crippen LogP contribution in [0.1, 0.15) is 50.5 Å². The molecule has 3 rings (SSSR count). The monoisotopic (exact) mass is 484 g/mol. The van der Waals surface area contributed by atoms with Crippen LogP contribution in [0.2, 0.25) is 0 Å². The Morgan fingerprint density at radius 1 is 1.22 bits per heavy atom. The van der Waals surface area contributed by atoms with Crippen LogP contribution >= 0.6 is 24.0 Å². The van der Waals surface area contributed by atoms with E-state index in [1.807, 2.05) is 11.0 Å². The maximum Gasteiger partial charge on any atom is 0.225 e. The van der Waals surface area contributed by atoms with Crippen LogP contribution in [0.25, 0.3) is 0 Å². The molecule has 2 atom stereocenters. The molecule has 1 aliphatic carbocycles. The standard InChI is InChI=1S/C21H32N4O.HI/c1-16(17-8-4-3-5-9-17)14-23-21(22-2)24-19-12-13-25(15-19)20(26)18-10-6-7-11-18;/h3-5,8-9,16,18-19H,6-7,10-15H2,1-2H3,(H2,22,23,24);1H. The fraction of sp³-hybridized carbons (Fsp3) is 0.619. The number of hydrogen-bond donors (Lipinski definition) is 2. The Bertz CT molecular complexity index is 616. The van der Waals surface area contributed by atoms with E-state index in [4.69, 9.17) is 0 Å². The molecular weight excluding hydrogens is 451 g/mol. The molecule has 0 radical (unpaired) electrons. The van der Waals surface area contributed by atoms with E-state index in [9.17, 15) is 4.79 Å². The minimum absolute atomic E-state index is 0. The number of carbonyl (C=O) groups is 1. The summed E-state index contributed by atoms with van der Waals surface area (Å²) < 4.78 is 0. The first-order valence-corrected chi connectivity index (χ1v) is 9.98. The number of nitrogens with one attached hydrogen (secondary N) is 2. The van der Waals surface area contributed by atoms with Crippen LogP contribution in [-0.2, 0) is 4.79 Å². The van der Waals surface area contributed by atoms with Crippen molar-refractivity contribution in [3.05, 3.63) is 35.9 Å². The molecule has 1 amide bonds. The van der Waals surface area contributed by atoms with E-state index in [1.54, 1.807) is 7.05 Å². The van der Waals surface area contributed by atoms with E-state index in [-0.39, 0.29) is 29.9 Å². The Hall–Kier alpha value is -1.31. The van der Waals surface area contributed by atoms with Crippen LogP contribution in [0.5, 0.6) is 0 Å². The molecule has 2 aliphatic rings. The van der Waals surface area contributed by atoms with E-state index in [2.05, 4.69) is 46.8 Å². The number of aliphatic imine (C=N–C) groups is 1. The number of halogens is 1. The molecule has 1 aromatic carbocycles. The highest BCUT2D eigenvalue weighted by Crippen LogP contribution is 2.27. The highest BCUT2D eigenvalue weighted by molar-refractivity contribution is 14.0. The SMILES string of the molecule is CN=C(NCC(C)c1ccccc1)NC1CCN(C(=O)C2CCCC2)C1.I. The van der Waals surface area contributed by atoms with Crippen molar-refractivity contribution in [2.75, 3.05) is 26.7 Å². The number of amides is 1. The summed E-state index contributed by atoms with van der Waals surface area (Å²) >= 11 is 0. The number of guanidine groups is 1. The van der Waals surface area contributed by atoms with E-state index in [0.29, 0.717) is 17.9 Å². The number of likely N-dealkylation sites (tertiary alicyclic amines) is 1. The average molecular weight is 484 g/mol. The molecule has 1 aromatic rings. The number of benzene rings is 1. The van der Waals surface area contributed by atoms with Gasteiger partial charge < -0.3 is 15.5 Å². The van der Waals surface area contributed by atoms with E-state index in [0.717, 1.165) is 44.9 Å². The molecule has 1 saturated carbocycles. The lowest BCUT2D eigenvalue weighted by atomic mass is 10.0. The van der Waals surface area contributed by atoms with Gasteiger partial charge in [0.25, 0.3) is 0 Å². The summed E-state index contributed by atoms with van der Waals surface area (Å²) in [5.41, 5.74) is 1.32. The topological polar surface area (TPSA) is 56.7 Å². The molecule has 5 nitrogen and oxygen atoms in total. The molecule has 2 unspecified atom stereocenters. The van der Waals surface area contributed by atoms with Crippen molar-refractivity contribution in [1.82, 2.24) is 15.5 Å². The summed E-state index contributed by atoms with van der Waals surface area (Å²) in [6, 6.07) is 10.8.